The number of nitrogens with one attached hydrogen (secondary N) is 1. The molecule has 0 saturated carbocycles. The second kappa shape index (κ2) is 5.64. The standard InChI is InChI=1S/C18H25N3/c1-12(2)15-6-5-14-7-8-17(16(14)9-15)19-10-18-20-13(3)11-21(18)4/h5-6,9,11-12,17,19H,7-8,10H2,1-4H3. The summed E-state index contributed by atoms with van der Waals surface area (Å²) in [6.45, 7) is 7.40. The number of aromatic nitrogens is 2. The molecule has 3 rings (SSSR count). The van der Waals surface area contributed by atoms with Crippen LogP contribution < -0.4 is 5.32 Å². The number of rotatable bonds is 4. The van der Waals surface area contributed by atoms with Crippen LogP contribution in [0.25, 0.3) is 0 Å². The van der Waals surface area contributed by atoms with Crippen LogP contribution in [0.4, 0.5) is 0 Å². The van der Waals surface area contributed by atoms with Crippen molar-refractivity contribution in [3.8, 4) is 0 Å². The Labute approximate surface area is 127 Å². The van der Waals surface area contributed by atoms with Gasteiger partial charge in [-0.25, -0.2) is 4.98 Å². The molecule has 0 radical (unpaired) electrons. The molecule has 1 heterocycles. The zero-order valence-corrected chi connectivity index (χ0v) is 13.5. The van der Waals surface area contributed by atoms with Crippen molar-refractivity contribution in [1.82, 2.24) is 14.9 Å². The maximum absolute atomic E-state index is 4.57. The molecule has 3 heteroatoms. The van der Waals surface area contributed by atoms with Gasteiger partial charge >= 0.3 is 0 Å². The summed E-state index contributed by atoms with van der Waals surface area (Å²) in [4.78, 5) is 4.57. The zero-order chi connectivity index (χ0) is 15.0. The molecular weight excluding hydrogens is 258 g/mol. The first kappa shape index (κ1) is 14.3. The minimum Gasteiger partial charge on any atom is -0.337 e. The SMILES string of the molecule is Cc1cn(C)c(CNC2CCc3ccc(C(C)C)cc32)n1. The van der Waals surface area contributed by atoms with Crippen molar-refractivity contribution in [3.05, 3.63) is 52.6 Å². The molecule has 0 aliphatic heterocycles. The van der Waals surface area contributed by atoms with Gasteiger partial charge < -0.3 is 9.88 Å². The average Bonchev–Trinajstić information content (AvgIpc) is 2.98. The van der Waals surface area contributed by atoms with E-state index in [4.69, 9.17) is 0 Å². The van der Waals surface area contributed by atoms with Crippen LogP contribution in [-0.2, 0) is 20.0 Å². The van der Waals surface area contributed by atoms with E-state index < -0.39 is 0 Å². The predicted molar refractivity (Wildman–Crippen MR) is 86.4 cm³/mol. The summed E-state index contributed by atoms with van der Waals surface area (Å²) in [6.07, 6.45) is 4.46. The lowest BCUT2D eigenvalue weighted by molar-refractivity contribution is 0.511. The summed E-state index contributed by atoms with van der Waals surface area (Å²) in [5, 5.41) is 3.69. The van der Waals surface area contributed by atoms with Crippen LogP contribution in [0, 0.1) is 6.92 Å². The Balaban J connectivity index is 1.75. The monoisotopic (exact) mass is 283 g/mol. The minimum absolute atomic E-state index is 0.468. The normalized spacial score (nSPS) is 17.5. The lowest BCUT2D eigenvalue weighted by Gasteiger charge is -2.16. The summed E-state index contributed by atoms with van der Waals surface area (Å²) in [5.74, 6) is 1.70. The first-order chi connectivity index (χ1) is 10.0. The van der Waals surface area contributed by atoms with Crippen LogP contribution >= 0.6 is 0 Å². The molecule has 1 aliphatic rings. The Hall–Kier alpha value is -1.61. The quantitative estimate of drug-likeness (QED) is 0.928. The second-order valence-corrected chi connectivity index (χ2v) is 6.49. The molecule has 1 atom stereocenters. The van der Waals surface area contributed by atoms with Gasteiger partial charge in [0.2, 0.25) is 0 Å². The topological polar surface area (TPSA) is 29.9 Å². The Bertz CT molecular complexity index is 640. The predicted octanol–water partition coefficient (Wildman–Crippen LogP) is 3.63. The summed E-state index contributed by atoms with van der Waals surface area (Å²) in [7, 11) is 2.07. The van der Waals surface area contributed by atoms with Crippen LogP contribution in [0.3, 0.4) is 0 Å². The summed E-state index contributed by atoms with van der Waals surface area (Å²) < 4.78 is 2.11. The molecule has 1 aromatic carbocycles. The largest absolute Gasteiger partial charge is 0.337 e. The van der Waals surface area contributed by atoms with Gasteiger partial charge in [0.1, 0.15) is 5.82 Å². The van der Waals surface area contributed by atoms with Crippen LogP contribution in [0.5, 0.6) is 0 Å². The third-order valence-corrected chi connectivity index (χ3v) is 4.51. The van der Waals surface area contributed by atoms with Crippen molar-refractivity contribution < 1.29 is 0 Å². The molecule has 2 aromatic rings. The van der Waals surface area contributed by atoms with Crippen LogP contribution in [-0.4, -0.2) is 9.55 Å². The van der Waals surface area contributed by atoms with E-state index in [-0.39, 0.29) is 0 Å². The van der Waals surface area contributed by atoms with Crippen molar-refractivity contribution in [2.75, 3.05) is 0 Å². The van der Waals surface area contributed by atoms with Crippen molar-refractivity contribution in [2.24, 2.45) is 7.05 Å². The molecule has 112 valence electrons. The number of nitrogens with zero attached hydrogens (tertiary/aromatic N) is 2. The number of imidazole rings is 1. The lowest BCUT2D eigenvalue weighted by Crippen LogP contribution is -2.20. The third-order valence-electron chi connectivity index (χ3n) is 4.51. The zero-order valence-electron chi connectivity index (χ0n) is 13.5. The molecule has 1 N–H and O–H groups in total. The van der Waals surface area contributed by atoms with Gasteiger partial charge in [0, 0.05) is 19.3 Å². The molecule has 0 fully saturated rings. The fraction of sp³-hybridized carbons (Fsp3) is 0.500. The van der Waals surface area contributed by atoms with Crippen molar-refractivity contribution in [1.29, 1.82) is 0 Å². The highest BCUT2D eigenvalue weighted by Gasteiger charge is 2.23. The highest BCUT2D eigenvalue weighted by molar-refractivity contribution is 5.39. The molecule has 0 spiro atoms. The van der Waals surface area contributed by atoms with Gasteiger partial charge in [0.25, 0.3) is 0 Å². The third kappa shape index (κ3) is 2.88. The van der Waals surface area contributed by atoms with E-state index in [1.807, 2.05) is 6.92 Å². The van der Waals surface area contributed by atoms with E-state index >= 15 is 0 Å². The second-order valence-electron chi connectivity index (χ2n) is 6.49. The molecule has 3 nitrogen and oxygen atoms in total. The first-order valence-electron chi connectivity index (χ1n) is 7.89. The minimum atomic E-state index is 0.468. The molecule has 0 amide bonds. The van der Waals surface area contributed by atoms with E-state index in [9.17, 15) is 0 Å². The maximum atomic E-state index is 4.57. The van der Waals surface area contributed by atoms with Gasteiger partial charge in [-0.1, -0.05) is 32.0 Å². The Morgan fingerprint density at radius 3 is 2.86 bits per heavy atom. The molecule has 1 unspecified atom stereocenters. The number of aryl methyl sites for hydroxylation is 3. The number of fused-ring (bicyclic) bond motifs is 1. The molecule has 21 heavy (non-hydrogen) atoms. The lowest BCUT2D eigenvalue weighted by atomic mass is 9.97. The molecular formula is C18H25N3. The van der Waals surface area contributed by atoms with Crippen molar-refractivity contribution in [2.45, 2.75) is 52.1 Å². The van der Waals surface area contributed by atoms with Crippen molar-refractivity contribution in [3.63, 3.8) is 0 Å². The van der Waals surface area contributed by atoms with Gasteiger partial charge in [-0.2, -0.15) is 0 Å². The van der Waals surface area contributed by atoms with Crippen LogP contribution in [0.15, 0.2) is 24.4 Å². The Kier molecular flexibility index (Phi) is 3.85. The van der Waals surface area contributed by atoms with Gasteiger partial charge in [-0.05, 0) is 42.4 Å². The first-order valence-corrected chi connectivity index (χ1v) is 7.89. The Morgan fingerprint density at radius 2 is 2.19 bits per heavy atom. The average molecular weight is 283 g/mol. The smallest absolute Gasteiger partial charge is 0.122 e. The highest BCUT2D eigenvalue weighted by Crippen LogP contribution is 2.33. The van der Waals surface area contributed by atoms with Crippen LogP contribution in [0.2, 0.25) is 0 Å². The van der Waals surface area contributed by atoms with Gasteiger partial charge in [-0.3, -0.25) is 0 Å². The summed E-state index contributed by atoms with van der Waals surface area (Å²) >= 11 is 0. The van der Waals surface area contributed by atoms with Crippen LogP contribution in [0.1, 0.15) is 60.4 Å². The van der Waals surface area contributed by atoms with E-state index in [1.165, 1.54) is 29.5 Å². The summed E-state index contributed by atoms with van der Waals surface area (Å²) in [5.41, 5.74) is 5.53. The van der Waals surface area contributed by atoms with E-state index in [2.05, 4.69) is 60.2 Å². The van der Waals surface area contributed by atoms with E-state index in [0.29, 0.717) is 12.0 Å². The van der Waals surface area contributed by atoms with E-state index in [0.717, 1.165) is 18.1 Å². The van der Waals surface area contributed by atoms with Gasteiger partial charge in [-0.15, -0.1) is 0 Å². The highest BCUT2D eigenvalue weighted by atomic mass is 15.1. The maximum Gasteiger partial charge on any atom is 0.122 e. The Morgan fingerprint density at radius 1 is 1.38 bits per heavy atom. The van der Waals surface area contributed by atoms with Gasteiger partial charge in [0.15, 0.2) is 0 Å². The number of benzene rings is 1. The number of hydrogen-bond donors (Lipinski definition) is 1. The summed E-state index contributed by atoms with van der Waals surface area (Å²) in [6, 6.07) is 7.47. The van der Waals surface area contributed by atoms with E-state index in [1.54, 1.807) is 0 Å². The number of hydrogen-bond acceptors (Lipinski definition) is 2. The van der Waals surface area contributed by atoms with Crippen molar-refractivity contribution >= 4 is 0 Å². The fourth-order valence-corrected chi connectivity index (χ4v) is 3.24. The fourth-order valence-electron chi connectivity index (χ4n) is 3.24. The molecule has 1 aromatic heterocycles. The molecule has 1 aliphatic carbocycles. The molecule has 0 bridgehead atoms. The van der Waals surface area contributed by atoms with Gasteiger partial charge in [0.05, 0.1) is 12.2 Å². The molecule has 0 saturated heterocycles.